The second-order valence-electron chi connectivity index (χ2n) is 14.3. The third-order valence-corrected chi connectivity index (χ3v) is 10.0. The summed E-state index contributed by atoms with van der Waals surface area (Å²) in [5, 5.41) is 0. The van der Waals surface area contributed by atoms with Gasteiger partial charge >= 0.3 is 0 Å². The summed E-state index contributed by atoms with van der Waals surface area (Å²) in [5.74, 6) is 0.635. The minimum absolute atomic E-state index is 0.303. The highest BCUT2D eigenvalue weighted by Crippen LogP contribution is 2.45. The van der Waals surface area contributed by atoms with E-state index in [9.17, 15) is 0 Å². The molecule has 4 heteroatoms. The minimum Gasteiger partial charge on any atom is -0.309 e. The van der Waals surface area contributed by atoms with E-state index in [1.165, 1.54) is 0 Å². The Labute approximate surface area is 337 Å². The molecule has 1 aromatic heterocycles. The van der Waals surface area contributed by atoms with Gasteiger partial charge in [0.05, 0.1) is 34.9 Å². The van der Waals surface area contributed by atoms with E-state index in [2.05, 4.69) is 83.8 Å². The molecule has 0 aliphatic heterocycles. The lowest BCUT2D eigenvalue weighted by Crippen LogP contribution is -2.16. The molecule has 0 saturated carbocycles. The van der Waals surface area contributed by atoms with Crippen LogP contribution in [0.15, 0.2) is 170 Å². The van der Waals surface area contributed by atoms with Gasteiger partial charge in [0.2, 0.25) is 0 Å². The Hall–Kier alpha value is -6.78. The summed E-state index contributed by atoms with van der Waals surface area (Å²) >= 11 is 0. The van der Waals surface area contributed by atoms with Gasteiger partial charge < -0.3 is 4.90 Å². The van der Waals surface area contributed by atoms with Gasteiger partial charge in [-0.1, -0.05) is 126 Å². The number of hydrogen-bond acceptors (Lipinski definition) is 4. The molecule has 0 saturated heterocycles. The lowest BCUT2D eigenvalue weighted by molar-refractivity contribution is 1.13. The van der Waals surface area contributed by atoms with Crippen molar-refractivity contribution in [3.8, 4) is 33.5 Å². The number of benzene rings is 7. The van der Waals surface area contributed by atoms with Gasteiger partial charge in [0.1, 0.15) is 0 Å². The molecule has 274 valence electrons. The van der Waals surface area contributed by atoms with Gasteiger partial charge in [0.15, 0.2) is 5.82 Å². The first-order valence-corrected chi connectivity index (χ1v) is 18.9. The Balaban J connectivity index is 1.37. The van der Waals surface area contributed by atoms with Gasteiger partial charge in [-0.15, -0.1) is 0 Å². The van der Waals surface area contributed by atoms with Crippen LogP contribution in [0, 0.1) is 41.5 Å². The Morgan fingerprint density at radius 3 is 1.27 bits per heavy atom. The fourth-order valence-corrected chi connectivity index (χ4v) is 7.74. The van der Waals surface area contributed by atoms with E-state index in [0.29, 0.717) is 52.5 Å². The van der Waals surface area contributed by atoms with Crippen LogP contribution < -0.4 is 9.80 Å². The van der Waals surface area contributed by atoms with Crippen LogP contribution in [0.2, 0.25) is 0 Å². The van der Waals surface area contributed by atoms with Crippen molar-refractivity contribution < 1.29 is 5.48 Å². The number of anilines is 6. The van der Waals surface area contributed by atoms with Crippen molar-refractivity contribution in [1.29, 1.82) is 0 Å². The van der Waals surface area contributed by atoms with Crippen LogP contribution in [0.5, 0.6) is 0 Å². The first-order chi connectivity index (χ1) is 28.9. The van der Waals surface area contributed by atoms with Crippen molar-refractivity contribution in [2.75, 3.05) is 9.80 Å². The smallest absolute Gasteiger partial charge is 0.156 e. The molecule has 0 bridgehead atoms. The Kier molecular flexibility index (Phi) is 8.75. The average molecular weight is 731 g/mol. The minimum atomic E-state index is 0.303. The van der Waals surface area contributed by atoms with E-state index in [0.717, 1.165) is 72.8 Å². The van der Waals surface area contributed by atoms with Crippen molar-refractivity contribution in [3.05, 3.63) is 203 Å². The molecule has 8 rings (SSSR count). The zero-order valence-electron chi connectivity index (χ0n) is 36.6. The molecule has 7 aromatic carbocycles. The lowest BCUT2D eigenvalue weighted by Gasteiger charge is -2.32. The zero-order chi connectivity index (χ0) is 42.2. The topological polar surface area (TPSA) is 32.3 Å². The highest BCUT2D eigenvalue weighted by Gasteiger charge is 2.23. The first-order valence-electron chi connectivity index (χ1n) is 20.9. The molecule has 0 aliphatic rings. The number of rotatable bonds is 9. The molecule has 0 N–H and O–H groups in total. The molecular formula is C52H46N4. The van der Waals surface area contributed by atoms with Gasteiger partial charge in [-0.2, -0.15) is 0 Å². The fraction of sp³-hybridized carbons (Fsp3) is 0.115. The summed E-state index contributed by atoms with van der Waals surface area (Å²) in [4.78, 5) is 14.1. The van der Waals surface area contributed by atoms with Crippen molar-refractivity contribution in [3.63, 3.8) is 0 Å². The normalized spacial score (nSPS) is 12.0. The summed E-state index contributed by atoms with van der Waals surface area (Å²) < 4.78 is 36.2. The van der Waals surface area contributed by atoms with Crippen LogP contribution in [0.25, 0.3) is 33.5 Å². The standard InChI is InChI=1S/C52H46N4/c1-35-26-37(3)51(38(4)27-35)56(52-39(5)28-36(2)29-40(52)6)47-24-22-46(23-25-47)55(50-34-53-33-49(54-50)43-20-14-9-15-21-43)48-31-44(41-16-10-7-11-17-41)30-45(32-48)42-18-12-8-13-19-42/h7-34H,1-6H3/i26D,27D,28D,29D. The average Bonchev–Trinajstić information content (AvgIpc) is 3.29. The molecule has 0 atom stereocenters. The number of hydrogen-bond donors (Lipinski definition) is 0. The number of nitrogens with zero attached hydrogens (tertiary/aromatic N) is 4. The Morgan fingerprint density at radius 1 is 0.411 bits per heavy atom. The molecule has 0 aliphatic carbocycles. The highest BCUT2D eigenvalue weighted by molar-refractivity contribution is 5.87. The third-order valence-electron chi connectivity index (χ3n) is 10.0. The van der Waals surface area contributed by atoms with Gasteiger partial charge in [-0.3, -0.25) is 9.88 Å². The molecule has 1 heterocycles. The molecular weight excluding hydrogens is 681 g/mol. The van der Waals surface area contributed by atoms with Crippen LogP contribution >= 0.6 is 0 Å². The Bertz CT molecular complexity index is 2680. The second kappa shape index (κ2) is 15.5. The number of aromatic nitrogens is 2. The zero-order valence-corrected chi connectivity index (χ0v) is 32.6. The van der Waals surface area contributed by atoms with E-state index in [-0.39, 0.29) is 0 Å². The largest absolute Gasteiger partial charge is 0.309 e. The molecule has 56 heavy (non-hydrogen) atoms. The predicted molar refractivity (Wildman–Crippen MR) is 236 cm³/mol. The van der Waals surface area contributed by atoms with Gasteiger partial charge in [-0.25, -0.2) is 4.98 Å². The maximum Gasteiger partial charge on any atom is 0.156 e. The van der Waals surface area contributed by atoms with Gasteiger partial charge in [0, 0.05) is 22.6 Å². The summed E-state index contributed by atoms with van der Waals surface area (Å²) in [5.41, 5.74) is 14.0. The summed E-state index contributed by atoms with van der Waals surface area (Å²) in [7, 11) is 0. The van der Waals surface area contributed by atoms with Crippen LogP contribution in [-0.2, 0) is 0 Å². The van der Waals surface area contributed by atoms with E-state index in [1.807, 2.05) is 101 Å². The molecule has 0 unspecified atom stereocenters. The van der Waals surface area contributed by atoms with Crippen molar-refractivity contribution in [2.24, 2.45) is 0 Å². The van der Waals surface area contributed by atoms with Crippen molar-refractivity contribution >= 4 is 34.3 Å². The summed E-state index contributed by atoms with van der Waals surface area (Å²) in [6.45, 7) is 11.3. The molecule has 4 nitrogen and oxygen atoms in total. The maximum absolute atomic E-state index is 9.05. The van der Waals surface area contributed by atoms with Crippen LogP contribution in [-0.4, -0.2) is 9.97 Å². The molecule has 0 amide bonds. The van der Waals surface area contributed by atoms with E-state index in [4.69, 9.17) is 15.5 Å². The highest BCUT2D eigenvalue weighted by atomic mass is 15.2. The van der Waals surface area contributed by atoms with Gasteiger partial charge in [-0.05, 0) is 129 Å². The van der Waals surface area contributed by atoms with Crippen LogP contribution in [0.3, 0.4) is 0 Å². The van der Waals surface area contributed by atoms with Crippen LogP contribution in [0.1, 0.15) is 38.9 Å². The monoisotopic (exact) mass is 730 g/mol. The van der Waals surface area contributed by atoms with E-state index in [1.54, 1.807) is 12.4 Å². The van der Waals surface area contributed by atoms with E-state index >= 15 is 0 Å². The molecule has 0 radical (unpaired) electrons. The summed E-state index contributed by atoms with van der Waals surface area (Å²) in [6.07, 6.45) is 3.58. The fourth-order valence-electron chi connectivity index (χ4n) is 7.74. The third kappa shape index (κ3) is 7.34. The van der Waals surface area contributed by atoms with Crippen molar-refractivity contribution in [1.82, 2.24) is 9.97 Å². The molecule has 0 spiro atoms. The Morgan fingerprint density at radius 2 is 0.821 bits per heavy atom. The first kappa shape index (κ1) is 31.6. The second-order valence-corrected chi connectivity index (χ2v) is 14.3. The quantitative estimate of drug-likeness (QED) is 0.148. The lowest BCUT2D eigenvalue weighted by atomic mass is 9.97. The molecule has 8 aromatic rings. The SMILES string of the molecule is [2H]c1c(C)c([2H])c(C)c(N(c2ccc(N(c3cc(-c4ccccc4)cc(-c4ccccc4)c3)c3cncc(-c4ccccc4)n3)cc2)c2c(C)c([2H])c(C)c([2H])c2C)c1C. The summed E-state index contributed by atoms with van der Waals surface area (Å²) in [6, 6.07) is 46.8. The van der Waals surface area contributed by atoms with E-state index < -0.39 is 0 Å². The maximum atomic E-state index is 9.05. The predicted octanol–water partition coefficient (Wildman–Crippen LogP) is 14.3. The van der Waals surface area contributed by atoms with Crippen LogP contribution in [0.4, 0.5) is 34.3 Å². The van der Waals surface area contributed by atoms with Crippen molar-refractivity contribution in [2.45, 2.75) is 41.5 Å². The molecule has 0 fully saturated rings. The van der Waals surface area contributed by atoms with Gasteiger partial charge in [0.25, 0.3) is 0 Å².